The SMILES string of the molecule is CCCCCCCCCC(O)CC(=O)CCc1ccc(O)c(O)c1. The number of phenolic OH excluding ortho intramolecular Hbond substituents is 2. The fourth-order valence-electron chi connectivity index (χ4n) is 2.81. The van der Waals surface area contributed by atoms with Crippen LogP contribution in [-0.2, 0) is 11.2 Å². The van der Waals surface area contributed by atoms with Crippen LogP contribution in [0.15, 0.2) is 18.2 Å². The topological polar surface area (TPSA) is 77.8 Å². The molecule has 1 rings (SSSR count). The first-order valence-electron chi connectivity index (χ1n) is 9.23. The van der Waals surface area contributed by atoms with Crippen LogP contribution in [0.3, 0.4) is 0 Å². The van der Waals surface area contributed by atoms with E-state index in [2.05, 4.69) is 6.92 Å². The van der Waals surface area contributed by atoms with Gasteiger partial charge >= 0.3 is 0 Å². The molecule has 0 aliphatic carbocycles. The van der Waals surface area contributed by atoms with Gasteiger partial charge in [0.1, 0.15) is 5.78 Å². The summed E-state index contributed by atoms with van der Waals surface area (Å²) in [7, 11) is 0. The summed E-state index contributed by atoms with van der Waals surface area (Å²) >= 11 is 0. The van der Waals surface area contributed by atoms with Crippen LogP contribution in [0.5, 0.6) is 11.5 Å². The Balaban J connectivity index is 2.12. The first-order chi connectivity index (χ1) is 11.5. The minimum absolute atomic E-state index is 0.0398. The zero-order valence-corrected chi connectivity index (χ0v) is 14.8. The van der Waals surface area contributed by atoms with Gasteiger partial charge in [-0.3, -0.25) is 4.79 Å². The van der Waals surface area contributed by atoms with E-state index in [1.165, 1.54) is 44.2 Å². The molecule has 4 heteroatoms. The smallest absolute Gasteiger partial charge is 0.157 e. The molecular formula is C20H32O4. The molecule has 0 heterocycles. The van der Waals surface area contributed by atoms with E-state index in [1.54, 1.807) is 6.07 Å². The highest BCUT2D eigenvalue weighted by molar-refractivity contribution is 5.79. The molecule has 1 aromatic rings. The fourth-order valence-corrected chi connectivity index (χ4v) is 2.81. The molecule has 0 saturated carbocycles. The Kier molecular flexibility index (Phi) is 10.2. The van der Waals surface area contributed by atoms with Crippen molar-refractivity contribution >= 4 is 5.78 Å². The average Bonchev–Trinajstić information content (AvgIpc) is 2.55. The number of phenols is 2. The number of rotatable bonds is 13. The second kappa shape index (κ2) is 11.9. The van der Waals surface area contributed by atoms with Gasteiger partial charge in [0.25, 0.3) is 0 Å². The van der Waals surface area contributed by atoms with Gasteiger partial charge in [0.2, 0.25) is 0 Å². The molecule has 1 atom stereocenters. The Morgan fingerprint density at radius 2 is 1.67 bits per heavy atom. The third-order valence-electron chi connectivity index (χ3n) is 4.34. The van der Waals surface area contributed by atoms with Crippen LogP contribution in [-0.4, -0.2) is 27.2 Å². The van der Waals surface area contributed by atoms with Gasteiger partial charge in [-0.05, 0) is 30.5 Å². The molecule has 24 heavy (non-hydrogen) atoms. The van der Waals surface area contributed by atoms with E-state index in [0.717, 1.165) is 18.4 Å². The molecule has 1 aromatic carbocycles. The average molecular weight is 336 g/mol. The Morgan fingerprint density at radius 1 is 1.00 bits per heavy atom. The molecule has 0 aliphatic rings. The van der Waals surface area contributed by atoms with Crippen molar-refractivity contribution in [2.24, 2.45) is 0 Å². The highest BCUT2D eigenvalue weighted by Crippen LogP contribution is 2.25. The fraction of sp³-hybridized carbons (Fsp3) is 0.650. The second-order valence-electron chi connectivity index (χ2n) is 6.63. The maximum Gasteiger partial charge on any atom is 0.157 e. The van der Waals surface area contributed by atoms with E-state index < -0.39 is 6.10 Å². The van der Waals surface area contributed by atoms with Crippen molar-refractivity contribution in [3.8, 4) is 11.5 Å². The number of carbonyl (C=O) groups excluding carboxylic acids is 1. The van der Waals surface area contributed by atoms with Crippen molar-refractivity contribution in [1.29, 1.82) is 0 Å². The predicted octanol–water partition coefficient (Wildman–Crippen LogP) is 4.49. The zero-order valence-electron chi connectivity index (χ0n) is 14.8. The van der Waals surface area contributed by atoms with Crippen molar-refractivity contribution in [1.82, 2.24) is 0 Å². The number of unbranched alkanes of at least 4 members (excludes halogenated alkanes) is 6. The predicted molar refractivity (Wildman–Crippen MR) is 96.3 cm³/mol. The number of aromatic hydroxyl groups is 2. The number of hydrogen-bond acceptors (Lipinski definition) is 4. The summed E-state index contributed by atoms with van der Waals surface area (Å²) in [6, 6.07) is 4.58. The first kappa shape index (κ1) is 20.5. The monoisotopic (exact) mass is 336 g/mol. The molecular weight excluding hydrogens is 304 g/mol. The molecule has 0 aliphatic heterocycles. The summed E-state index contributed by atoms with van der Waals surface area (Å²) in [6.45, 7) is 2.21. The highest BCUT2D eigenvalue weighted by Gasteiger charge is 2.11. The Labute approximate surface area is 145 Å². The van der Waals surface area contributed by atoms with Crippen molar-refractivity contribution in [3.05, 3.63) is 23.8 Å². The van der Waals surface area contributed by atoms with E-state index in [9.17, 15) is 20.1 Å². The van der Waals surface area contributed by atoms with Gasteiger partial charge < -0.3 is 15.3 Å². The van der Waals surface area contributed by atoms with E-state index in [-0.39, 0.29) is 23.7 Å². The number of aliphatic hydroxyl groups is 1. The summed E-state index contributed by atoms with van der Waals surface area (Å²) in [5, 5.41) is 28.6. The lowest BCUT2D eigenvalue weighted by Gasteiger charge is -2.10. The Bertz CT molecular complexity index is 485. The number of hydrogen-bond donors (Lipinski definition) is 3. The van der Waals surface area contributed by atoms with Crippen LogP contribution in [0.4, 0.5) is 0 Å². The standard InChI is InChI=1S/C20H32O4/c1-2-3-4-5-6-7-8-9-17(21)15-18(22)12-10-16-11-13-19(23)20(24)14-16/h11,13-14,17,21,23-24H,2-10,12,15H2,1H3. The van der Waals surface area contributed by atoms with Crippen LogP contribution < -0.4 is 0 Å². The molecule has 0 amide bonds. The van der Waals surface area contributed by atoms with Gasteiger partial charge in [-0.1, -0.05) is 57.9 Å². The molecule has 0 radical (unpaired) electrons. The summed E-state index contributed by atoms with van der Waals surface area (Å²) < 4.78 is 0. The largest absolute Gasteiger partial charge is 0.504 e. The summed E-state index contributed by atoms with van der Waals surface area (Å²) in [5.41, 5.74) is 0.806. The van der Waals surface area contributed by atoms with E-state index in [4.69, 9.17) is 0 Å². The molecule has 0 aromatic heterocycles. The van der Waals surface area contributed by atoms with E-state index in [1.807, 2.05) is 0 Å². The quantitative estimate of drug-likeness (QED) is 0.366. The van der Waals surface area contributed by atoms with Gasteiger partial charge in [-0.25, -0.2) is 0 Å². The maximum absolute atomic E-state index is 11.9. The Morgan fingerprint density at radius 3 is 2.33 bits per heavy atom. The molecule has 0 saturated heterocycles. The molecule has 4 nitrogen and oxygen atoms in total. The minimum atomic E-state index is -0.540. The van der Waals surface area contributed by atoms with Crippen LogP contribution in [0.1, 0.15) is 76.7 Å². The minimum Gasteiger partial charge on any atom is -0.504 e. The lowest BCUT2D eigenvalue weighted by atomic mass is 10.0. The lowest BCUT2D eigenvalue weighted by Crippen LogP contribution is -2.13. The number of aryl methyl sites for hydroxylation is 1. The van der Waals surface area contributed by atoms with Crippen molar-refractivity contribution in [2.45, 2.75) is 83.7 Å². The third-order valence-corrected chi connectivity index (χ3v) is 4.34. The lowest BCUT2D eigenvalue weighted by molar-refractivity contribution is -0.121. The first-order valence-corrected chi connectivity index (χ1v) is 9.23. The highest BCUT2D eigenvalue weighted by atomic mass is 16.3. The van der Waals surface area contributed by atoms with Crippen molar-refractivity contribution in [3.63, 3.8) is 0 Å². The van der Waals surface area contributed by atoms with Gasteiger partial charge in [0, 0.05) is 12.8 Å². The molecule has 3 N–H and O–H groups in total. The summed E-state index contributed by atoms with van der Waals surface area (Å²) in [4.78, 5) is 11.9. The number of ketones is 1. The normalized spacial score (nSPS) is 12.2. The molecule has 136 valence electrons. The third kappa shape index (κ3) is 8.92. The van der Waals surface area contributed by atoms with Gasteiger partial charge in [-0.15, -0.1) is 0 Å². The number of benzene rings is 1. The summed E-state index contributed by atoms with van der Waals surface area (Å²) in [6.07, 6.45) is 9.65. The van der Waals surface area contributed by atoms with Crippen molar-refractivity contribution < 1.29 is 20.1 Å². The van der Waals surface area contributed by atoms with Crippen LogP contribution >= 0.6 is 0 Å². The number of aliphatic hydroxyl groups excluding tert-OH is 1. The number of Topliss-reactive ketones (excluding diaryl/α,β-unsaturated/α-hetero) is 1. The zero-order chi connectivity index (χ0) is 17.8. The Hall–Kier alpha value is -1.55. The van der Waals surface area contributed by atoms with Crippen LogP contribution in [0, 0.1) is 0 Å². The van der Waals surface area contributed by atoms with Gasteiger partial charge in [0.15, 0.2) is 11.5 Å². The molecule has 0 bridgehead atoms. The van der Waals surface area contributed by atoms with Gasteiger partial charge in [0.05, 0.1) is 6.10 Å². The van der Waals surface area contributed by atoms with Crippen molar-refractivity contribution in [2.75, 3.05) is 0 Å². The van der Waals surface area contributed by atoms with Gasteiger partial charge in [-0.2, -0.15) is 0 Å². The molecule has 0 fully saturated rings. The summed E-state index contributed by atoms with van der Waals surface area (Å²) in [5.74, 6) is -0.285. The molecule has 1 unspecified atom stereocenters. The molecule has 0 spiro atoms. The van der Waals surface area contributed by atoms with Crippen LogP contribution in [0.25, 0.3) is 0 Å². The second-order valence-corrected chi connectivity index (χ2v) is 6.63. The van der Waals surface area contributed by atoms with Crippen LogP contribution in [0.2, 0.25) is 0 Å². The van der Waals surface area contributed by atoms with E-state index in [0.29, 0.717) is 19.3 Å². The number of carbonyl (C=O) groups is 1. The van der Waals surface area contributed by atoms with E-state index >= 15 is 0 Å². The maximum atomic E-state index is 11.9.